The van der Waals surface area contributed by atoms with E-state index in [1.807, 2.05) is 5.32 Å². The van der Waals surface area contributed by atoms with Crippen LogP contribution in [-0.4, -0.2) is 31.0 Å². The molecule has 130 valence electrons. The number of esters is 1. The monoisotopic (exact) mass is 349 g/mol. The van der Waals surface area contributed by atoms with Crippen molar-refractivity contribution in [2.45, 2.75) is 6.61 Å². The molecule has 0 aliphatic heterocycles. The second-order valence-corrected chi connectivity index (χ2v) is 4.72. The highest BCUT2D eigenvalue weighted by atomic mass is 19.3. The summed E-state index contributed by atoms with van der Waals surface area (Å²) in [4.78, 5) is 35.2. The van der Waals surface area contributed by atoms with Gasteiger partial charge in [0.1, 0.15) is 5.75 Å². The molecular formula is C17H13F2NO5. The highest BCUT2D eigenvalue weighted by molar-refractivity contribution is 6.05. The number of benzene rings is 2. The first kappa shape index (κ1) is 18.1. The number of amides is 2. The summed E-state index contributed by atoms with van der Waals surface area (Å²) in [7, 11) is 0. The molecule has 0 aliphatic carbocycles. The van der Waals surface area contributed by atoms with E-state index in [9.17, 15) is 23.2 Å². The van der Waals surface area contributed by atoms with Gasteiger partial charge < -0.3 is 9.47 Å². The fraction of sp³-hybridized carbons (Fsp3) is 0.118. The molecule has 0 unspecified atom stereocenters. The predicted octanol–water partition coefficient (Wildman–Crippen LogP) is 2.40. The van der Waals surface area contributed by atoms with Gasteiger partial charge in [-0.2, -0.15) is 8.78 Å². The fourth-order valence-corrected chi connectivity index (χ4v) is 1.81. The van der Waals surface area contributed by atoms with Crippen LogP contribution in [0.25, 0.3) is 0 Å². The largest absolute Gasteiger partial charge is 0.452 e. The minimum absolute atomic E-state index is 0.0596. The Labute approximate surface area is 141 Å². The minimum atomic E-state index is -2.97. The average Bonchev–Trinajstić information content (AvgIpc) is 2.60. The predicted molar refractivity (Wildman–Crippen MR) is 82.3 cm³/mol. The lowest BCUT2D eigenvalue weighted by molar-refractivity contribution is -0.123. The number of rotatable bonds is 6. The van der Waals surface area contributed by atoms with Gasteiger partial charge in [-0.1, -0.05) is 18.2 Å². The summed E-state index contributed by atoms with van der Waals surface area (Å²) in [6.07, 6.45) is 0. The van der Waals surface area contributed by atoms with Crippen LogP contribution in [0.4, 0.5) is 8.78 Å². The summed E-state index contributed by atoms with van der Waals surface area (Å²) in [5, 5.41) is 2.02. The third kappa shape index (κ3) is 5.69. The number of hydrogen-bond acceptors (Lipinski definition) is 5. The Bertz CT molecular complexity index is 747. The van der Waals surface area contributed by atoms with Crippen molar-refractivity contribution in [1.29, 1.82) is 0 Å². The Morgan fingerprint density at radius 3 is 2.16 bits per heavy atom. The van der Waals surface area contributed by atoms with Crippen molar-refractivity contribution in [2.75, 3.05) is 6.61 Å². The second-order valence-electron chi connectivity index (χ2n) is 4.72. The van der Waals surface area contributed by atoms with E-state index >= 15 is 0 Å². The normalized spacial score (nSPS) is 10.2. The molecule has 0 saturated heterocycles. The van der Waals surface area contributed by atoms with Crippen LogP contribution in [0.2, 0.25) is 0 Å². The molecule has 8 heteroatoms. The molecule has 2 aromatic carbocycles. The summed E-state index contributed by atoms with van der Waals surface area (Å²) in [6, 6.07) is 12.8. The molecule has 2 amide bonds. The average molecular weight is 349 g/mol. The number of nitrogens with one attached hydrogen (secondary N) is 1. The van der Waals surface area contributed by atoms with Gasteiger partial charge >= 0.3 is 12.6 Å². The number of carbonyl (C=O) groups is 3. The van der Waals surface area contributed by atoms with Crippen molar-refractivity contribution >= 4 is 17.8 Å². The third-order valence-corrected chi connectivity index (χ3v) is 2.94. The molecule has 2 aromatic rings. The summed E-state index contributed by atoms with van der Waals surface area (Å²) in [5.41, 5.74) is 0.334. The molecule has 6 nitrogen and oxygen atoms in total. The Balaban J connectivity index is 1.83. The highest BCUT2D eigenvalue weighted by Crippen LogP contribution is 2.14. The van der Waals surface area contributed by atoms with Crippen molar-refractivity contribution in [3.63, 3.8) is 0 Å². The zero-order valence-electron chi connectivity index (χ0n) is 12.8. The maximum absolute atomic E-state index is 12.0. The zero-order valence-corrected chi connectivity index (χ0v) is 12.8. The molecular weight excluding hydrogens is 336 g/mol. The fourth-order valence-electron chi connectivity index (χ4n) is 1.81. The molecule has 25 heavy (non-hydrogen) atoms. The van der Waals surface area contributed by atoms with Gasteiger partial charge in [0.25, 0.3) is 11.8 Å². The van der Waals surface area contributed by atoms with Gasteiger partial charge in [0.2, 0.25) is 0 Å². The maximum atomic E-state index is 12.0. The van der Waals surface area contributed by atoms with E-state index in [1.54, 1.807) is 18.2 Å². The first-order chi connectivity index (χ1) is 12.0. The Morgan fingerprint density at radius 1 is 0.920 bits per heavy atom. The topological polar surface area (TPSA) is 81.7 Å². The van der Waals surface area contributed by atoms with Crippen LogP contribution >= 0.6 is 0 Å². The van der Waals surface area contributed by atoms with Crippen LogP contribution in [0.5, 0.6) is 5.75 Å². The number of halogens is 2. The minimum Gasteiger partial charge on any atom is -0.452 e. The molecule has 0 spiro atoms. The lowest BCUT2D eigenvalue weighted by Crippen LogP contribution is -2.34. The zero-order chi connectivity index (χ0) is 18.2. The standard InChI is InChI=1S/C17H13F2NO5/c18-17(19)25-13-8-6-11(7-9-13)15(22)20-14(21)10-24-16(23)12-4-2-1-3-5-12/h1-9,17H,10H2,(H,20,21,22). The van der Waals surface area contributed by atoms with Crippen LogP contribution in [0.3, 0.4) is 0 Å². The first-order valence-corrected chi connectivity index (χ1v) is 7.07. The van der Waals surface area contributed by atoms with Crippen LogP contribution in [-0.2, 0) is 9.53 Å². The molecule has 2 rings (SSSR count). The maximum Gasteiger partial charge on any atom is 0.387 e. The summed E-state index contributed by atoms with van der Waals surface area (Å²) in [6.45, 7) is -3.60. The summed E-state index contributed by atoms with van der Waals surface area (Å²) < 4.78 is 33.0. The molecule has 0 saturated carbocycles. The number of carbonyl (C=O) groups excluding carboxylic acids is 3. The van der Waals surface area contributed by atoms with Crippen molar-refractivity contribution in [3.05, 3.63) is 65.7 Å². The van der Waals surface area contributed by atoms with Gasteiger partial charge in [-0.15, -0.1) is 0 Å². The Morgan fingerprint density at radius 2 is 1.56 bits per heavy atom. The van der Waals surface area contributed by atoms with Crippen molar-refractivity contribution < 1.29 is 32.6 Å². The van der Waals surface area contributed by atoms with Crippen LogP contribution in [0.15, 0.2) is 54.6 Å². The van der Waals surface area contributed by atoms with Gasteiger partial charge in [-0.05, 0) is 36.4 Å². The number of hydrogen-bond donors (Lipinski definition) is 1. The molecule has 0 radical (unpaired) electrons. The van der Waals surface area contributed by atoms with E-state index < -0.39 is 31.0 Å². The lowest BCUT2D eigenvalue weighted by atomic mass is 10.2. The van der Waals surface area contributed by atoms with Gasteiger partial charge in [0, 0.05) is 5.56 Å². The van der Waals surface area contributed by atoms with E-state index in [1.165, 1.54) is 36.4 Å². The van der Waals surface area contributed by atoms with Crippen LogP contribution in [0.1, 0.15) is 20.7 Å². The molecule has 1 N–H and O–H groups in total. The quantitative estimate of drug-likeness (QED) is 0.810. The van der Waals surface area contributed by atoms with Gasteiger partial charge in [-0.25, -0.2) is 4.79 Å². The lowest BCUT2D eigenvalue weighted by Gasteiger charge is -2.07. The van der Waals surface area contributed by atoms with E-state index in [4.69, 9.17) is 4.74 Å². The van der Waals surface area contributed by atoms with Gasteiger partial charge in [0.05, 0.1) is 5.56 Å². The van der Waals surface area contributed by atoms with Crippen LogP contribution in [0, 0.1) is 0 Å². The smallest absolute Gasteiger partial charge is 0.387 e. The van der Waals surface area contributed by atoms with Gasteiger partial charge in [0.15, 0.2) is 6.61 Å². The second kappa shape index (κ2) is 8.53. The van der Waals surface area contributed by atoms with E-state index in [-0.39, 0.29) is 16.9 Å². The van der Waals surface area contributed by atoms with Crippen molar-refractivity contribution in [1.82, 2.24) is 5.32 Å². The first-order valence-electron chi connectivity index (χ1n) is 7.07. The molecule has 0 fully saturated rings. The SMILES string of the molecule is O=C(COC(=O)c1ccccc1)NC(=O)c1ccc(OC(F)F)cc1. The highest BCUT2D eigenvalue weighted by Gasteiger charge is 2.14. The Kier molecular flexibility index (Phi) is 6.16. The number of alkyl halides is 2. The molecule has 0 heterocycles. The van der Waals surface area contributed by atoms with Crippen LogP contribution < -0.4 is 10.1 Å². The molecule has 0 bridgehead atoms. The molecule has 0 atom stereocenters. The molecule has 0 aromatic heterocycles. The van der Waals surface area contributed by atoms with E-state index in [0.29, 0.717) is 0 Å². The summed E-state index contributed by atoms with van der Waals surface area (Å²) >= 11 is 0. The van der Waals surface area contributed by atoms with E-state index in [0.717, 1.165) is 0 Å². The van der Waals surface area contributed by atoms with Crippen molar-refractivity contribution in [2.24, 2.45) is 0 Å². The van der Waals surface area contributed by atoms with Crippen molar-refractivity contribution in [3.8, 4) is 5.75 Å². The third-order valence-electron chi connectivity index (χ3n) is 2.94. The van der Waals surface area contributed by atoms with Gasteiger partial charge in [-0.3, -0.25) is 14.9 Å². The number of imide groups is 1. The molecule has 0 aliphatic rings. The summed E-state index contributed by atoms with van der Waals surface area (Å²) in [5.74, 6) is -2.39. The Hall–Kier alpha value is -3.29. The van der Waals surface area contributed by atoms with E-state index in [2.05, 4.69) is 4.74 Å². The number of ether oxygens (including phenoxy) is 2.